The Balaban J connectivity index is 2.29. The predicted molar refractivity (Wildman–Crippen MR) is 64.7 cm³/mol. The Morgan fingerprint density at radius 2 is 2.12 bits per heavy atom. The largest absolute Gasteiger partial charge is 0.508 e. The van der Waals surface area contributed by atoms with Gasteiger partial charge in [-0.25, -0.2) is 4.79 Å². The van der Waals surface area contributed by atoms with Gasteiger partial charge in [0.25, 0.3) is 0 Å². The van der Waals surface area contributed by atoms with Gasteiger partial charge in [0, 0.05) is 0 Å². The van der Waals surface area contributed by atoms with Crippen molar-refractivity contribution in [2.75, 3.05) is 6.61 Å². The van der Waals surface area contributed by atoms with E-state index in [4.69, 9.17) is 9.47 Å². The maximum absolute atomic E-state index is 11.4. The second-order valence-electron chi connectivity index (χ2n) is 5.17. The Kier molecular flexibility index (Phi) is 5.75. The van der Waals surface area contributed by atoms with Crippen molar-refractivity contribution in [2.24, 2.45) is 11.8 Å². The molecule has 2 unspecified atom stereocenters. The lowest BCUT2D eigenvalue weighted by Crippen LogP contribution is -2.32. The molecule has 4 nitrogen and oxygen atoms in total. The van der Waals surface area contributed by atoms with E-state index >= 15 is 0 Å². The average molecular weight is 244 g/mol. The van der Waals surface area contributed by atoms with Gasteiger partial charge in [-0.1, -0.05) is 27.2 Å². The number of carbonyl (C=O) groups excluding carboxylic acids is 1. The molecule has 1 N–H and O–H groups in total. The Hall–Kier alpha value is -0.770. The molecule has 0 radical (unpaired) electrons. The van der Waals surface area contributed by atoms with Crippen molar-refractivity contribution >= 4 is 6.16 Å². The summed E-state index contributed by atoms with van der Waals surface area (Å²) in [6.45, 7) is 6.13. The molecule has 0 heterocycles. The van der Waals surface area contributed by atoms with E-state index in [1.807, 2.05) is 6.92 Å². The SMILES string of the molecule is CCC(O)COC(=O)OC1C[C@H](C)CC[C@H]1C. The van der Waals surface area contributed by atoms with Gasteiger partial charge in [-0.3, -0.25) is 0 Å². The molecule has 0 aromatic heterocycles. The van der Waals surface area contributed by atoms with E-state index in [0.717, 1.165) is 12.8 Å². The number of aliphatic hydroxyl groups is 1. The second-order valence-corrected chi connectivity index (χ2v) is 5.17. The van der Waals surface area contributed by atoms with E-state index in [1.165, 1.54) is 6.42 Å². The van der Waals surface area contributed by atoms with Gasteiger partial charge in [-0.05, 0) is 31.1 Å². The molecule has 1 rings (SSSR count). The van der Waals surface area contributed by atoms with Crippen LogP contribution in [0, 0.1) is 11.8 Å². The number of hydrogen-bond donors (Lipinski definition) is 1. The first-order valence-corrected chi connectivity index (χ1v) is 6.54. The van der Waals surface area contributed by atoms with E-state index in [0.29, 0.717) is 18.3 Å². The zero-order valence-electron chi connectivity index (χ0n) is 11.0. The van der Waals surface area contributed by atoms with Crippen LogP contribution in [0.2, 0.25) is 0 Å². The van der Waals surface area contributed by atoms with Crippen LogP contribution in [0.4, 0.5) is 4.79 Å². The number of rotatable bonds is 4. The van der Waals surface area contributed by atoms with E-state index in [2.05, 4.69) is 13.8 Å². The molecule has 1 fully saturated rings. The summed E-state index contributed by atoms with van der Waals surface area (Å²) in [4.78, 5) is 11.4. The number of carbonyl (C=O) groups is 1. The third-order valence-electron chi connectivity index (χ3n) is 3.50. The van der Waals surface area contributed by atoms with Crippen LogP contribution in [0.1, 0.15) is 46.5 Å². The summed E-state index contributed by atoms with van der Waals surface area (Å²) in [5, 5.41) is 9.27. The molecule has 0 spiro atoms. The van der Waals surface area contributed by atoms with E-state index < -0.39 is 12.3 Å². The Labute approximate surface area is 103 Å². The van der Waals surface area contributed by atoms with Gasteiger partial charge >= 0.3 is 6.16 Å². The predicted octanol–water partition coefficient (Wildman–Crippen LogP) is 2.74. The zero-order chi connectivity index (χ0) is 12.8. The molecule has 1 aliphatic carbocycles. The highest BCUT2D eigenvalue weighted by Gasteiger charge is 2.29. The van der Waals surface area contributed by atoms with Crippen LogP contribution in [-0.4, -0.2) is 30.1 Å². The first kappa shape index (κ1) is 14.3. The van der Waals surface area contributed by atoms with Crippen molar-refractivity contribution in [3.8, 4) is 0 Å². The fourth-order valence-corrected chi connectivity index (χ4v) is 2.08. The lowest BCUT2D eigenvalue weighted by molar-refractivity contribution is -0.0313. The smallest absolute Gasteiger partial charge is 0.432 e. The van der Waals surface area contributed by atoms with E-state index in [1.54, 1.807) is 0 Å². The molecule has 4 atom stereocenters. The molecular formula is C13H24O4. The highest BCUT2D eigenvalue weighted by Crippen LogP contribution is 2.30. The monoisotopic (exact) mass is 244 g/mol. The molecule has 0 aromatic carbocycles. The van der Waals surface area contributed by atoms with Crippen LogP contribution < -0.4 is 0 Å². The summed E-state index contributed by atoms with van der Waals surface area (Å²) < 4.78 is 10.2. The second kappa shape index (κ2) is 6.84. The van der Waals surface area contributed by atoms with Gasteiger partial charge < -0.3 is 14.6 Å². The quantitative estimate of drug-likeness (QED) is 0.772. The van der Waals surface area contributed by atoms with Crippen molar-refractivity contribution < 1.29 is 19.4 Å². The molecule has 0 aliphatic heterocycles. The molecular weight excluding hydrogens is 220 g/mol. The summed E-state index contributed by atoms with van der Waals surface area (Å²) in [6.07, 6.45) is 2.50. The molecule has 0 saturated heterocycles. The minimum atomic E-state index is -0.650. The van der Waals surface area contributed by atoms with Crippen LogP contribution in [0.5, 0.6) is 0 Å². The molecule has 0 aromatic rings. The van der Waals surface area contributed by atoms with Crippen molar-refractivity contribution in [2.45, 2.75) is 58.7 Å². The van der Waals surface area contributed by atoms with Gasteiger partial charge in [-0.15, -0.1) is 0 Å². The molecule has 100 valence electrons. The number of hydrogen-bond acceptors (Lipinski definition) is 4. The topological polar surface area (TPSA) is 55.8 Å². The van der Waals surface area contributed by atoms with Crippen LogP contribution in [0.15, 0.2) is 0 Å². The zero-order valence-corrected chi connectivity index (χ0v) is 11.0. The van der Waals surface area contributed by atoms with Gasteiger partial charge in [-0.2, -0.15) is 0 Å². The van der Waals surface area contributed by atoms with Crippen molar-refractivity contribution in [3.05, 3.63) is 0 Å². The number of ether oxygens (including phenoxy) is 2. The van der Waals surface area contributed by atoms with Crippen molar-refractivity contribution in [1.29, 1.82) is 0 Å². The summed E-state index contributed by atoms with van der Waals surface area (Å²) in [5.74, 6) is 1.00. The maximum Gasteiger partial charge on any atom is 0.508 e. The average Bonchev–Trinajstić information content (AvgIpc) is 2.30. The van der Waals surface area contributed by atoms with Gasteiger partial charge in [0.2, 0.25) is 0 Å². The first-order valence-electron chi connectivity index (χ1n) is 6.54. The fourth-order valence-electron chi connectivity index (χ4n) is 2.08. The highest BCUT2D eigenvalue weighted by atomic mass is 16.7. The lowest BCUT2D eigenvalue weighted by Gasteiger charge is -2.31. The Morgan fingerprint density at radius 3 is 2.76 bits per heavy atom. The lowest BCUT2D eigenvalue weighted by atomic mass is 9.82. The summed E-state index contributed by atoms with van der Waals surface area (Å²) >= 11 is 0. The van der Waals surface area contributed by atoms with Gasteiger partial charge in [0.1, 0.15) is 12.7 Å². The number of aliphatic hydroxyl groups excluding tert-OH is 1. The summed E-state index contributed by atoms with van der Waals surface area (Å²) in [6, 6.07) is 0. The van der Waals surface area contributed by atoms with Crippen LogP contribution in [0.3, 0.4) is 0 Å². The van der Waals surface area contributed by atoms with Crippen molar-refractivity contribution in [1.82, 2.24) is 0 Å². The van der Waals surface area contributed by atoms with E-state index in [9.17, 15) is 9.90 Å². The third kappa shape index (κ3) is 4.94. The normalized spacial score (nSPS) is 30.7. The van der Waals surface area contributed by atoms with Gasteiger partial charge in [0.15, 0.2) is 0 Å². The van der Waals surface area contributed by atoms with Crippen molar-refractivity contribution in [3.63, 3.8) is 0 Å². The summed E-state index contributed by atoms with van der Waals surface area (Å²) in [5.41, 5.74) is 0. The molecule has 0 amide bonds. The minimum Gasteiger partial charge on any atom is -0.432 e. The Bertz CT molecular complexity index is 242. The summed E-state index contributed by atoms with van der Waals surface area (Å²) in [7, 11) is 0. The molecule has 17 heavy (non-hydrogen) atoms. The molecule has 1 saturated carbocycles. The molecule has 0 bridgehead atoms. The van der Waals surface area contributed by atoms with Crippen LogP contribution >= 0.6 is 0 Å². The fraction of sp³-hybridized carbons (Fsp3) is 0.923. The Morgan fingerprint density at radius 1 is 1.41 bits per heavy atom. The van der Waals surface area contributed by atoms with Crippen LogP contribution in [0.25, 0.3) is 0 Å². The minimum absolute atomic E-state index is 0.0198. The molecule has 4 heteroatoms. The highest BCUT2D eigenvalue weighted by molar-refractivity contribution is 5.60. The standard InChI is InChI=1S/C13H24O4/c1-4-11(14)8-16-13(15)17-12-7-9(2)5-6-10(12)3/h9-12,14H,4-8H2,1-3H3/t9-,10-,11?,12?/m1/s1. The van der Waals surface area contributed by atoms with Crippen LogP contribution in [-0.2, 0) is 9.47 Å². The molecule has 1 aliphatic rings. The first-order chi connectivity index (χ1) is 8.02. The third-order valence-corrected chi connectivity index (χ3v) is 3.50. The van der Waals surface area contributed by atoms with Gasteiger partial charge in [0.05, 0.1) is 6.10 Å². The maximum atomic E-state index is 11.4. The van der Waals surface area contributed by atoms with E-state index in [-0.39, 0.29) is 12.7 Å².